The summed E-state index contributed by atoms with van der Waals surface area (Å²) in [6.07, 6.45) is 1.71. The van der Waals surface area contributed by atoms with Crippen molar-refractivity contribution >= 4 is 45.9 Å². The van der Waals surface area contributed by atoms with Gasteiger partial charge in [-0.3, -0.25) is 24.1 Å². The molecule has 0 bridgehead atoms. The average Bonchev–Trinajstić information content (AvgIpc) is 3.29. The molecule has 1 saturated carbocycles. The fraction of sp³-hybridized carbons (Fsp3) is 0.521. The van der Waals surface area contributed by atoms with Crippen molar-refractivity contribution in [3.63, 3.8) is 0 Å². The van der Waals surface area contributed by atoms with Crippen molar-refractivity contribution in [3.05, 3.63) is 87.2 Å². The fourth-order valence-corrected chi connectivity index (χ4v) is 10.6. The van der Waals surface area contributed by atoms with Crippen LogP contribution in [0.2, 0.25) is 5.02 Å². The van der Waals surface area contributed by atoms with Crippen molar-refractivity contribution in [3.8, 4) is 17.6 Å². The van der Waals surface area contributed by atoms with E-state index in [1.807, 2.05) is 24.3 Å². The van der Waals surface area contributed by atoms with E-state index in [0.717, 1.165) is 55.9 Å². The second-order valence-electron chi connectivity index (χ2n) is 19.2. The highest BCUT2D eigenvalue weighted by atomic mass is 35.5. The SMILES string of the molecule is CC1(O)NC(=O)CCC1n1nnc2ccc(OCC(=O)N3CCC(OCCN4CCN(c5ccc(C(=O)NC6C(C)(C)C(Oc7ccc(C#N)c(Cl)c7)C6(C)C)cc5)CC4)CC3)cc2c1=O. The molecule has 3 saturated heterocycles. The van der Waals surface area contributed by atoms with Crippen LogP contribution in [0, 0.1) is 22.2 Å². The van der Waals surface area contributed by atoms with Gasteiger partial charge < -0.3 is 39.8 Å². The lowest BCUT2D eigenvalue weighted by Crippen LogP contribution is -2.74. The molecule has 3 aromatic carbocycles. The number of ether oxygens (including phenoxy) is 3. The predicted molar refractivity (Wildman–Crippen MR) is 246 cm³/mol. The largest absolute Gasteiger partial charge is 0.489 e. The lowest BCUT2D eigenvalue weighted by atomic mass is 9.49. The van der Waals surface area contributed by atoms with E-state index in [-0.39, 0.29) is 71.6 Å². The summed E-state index contributed by atoms with van der Waals surface area (Å²) in [5, 5.41) is 34.5. The number of piperidine rings is 2. The number of nitrogens with one attached hydrogen (secondary N) is 2. The number of halogens is 1. The lowest BCUT2D eigenvalue weighted by molar-refractivity contribution is -0.164. The van der Waals surface area contributed by atoms with E-state index in [2.05, 4.69) is 64.5 Å². The van der Waals surface area contributed by atoms with Crippen molar-refractivity contribution in [1.29, 1.82) is 5.26 Å². The molecule has 66 heavy (non-hydrogen) atoms. The van der Waals surface area contributed by atoms with Crippen LogP contribution in [-0.4, -0.2) is 131 Å². The summed E-state index contributed by atoms with van der Waals surface area (Å²) in [6, 6.07) is 18.8. The number of nitrogens with zero attached hydrogens (tertiary/aromatic N) is 7. The molecule has 2 unspecified atom stereocenters. The quantitative estimate of drug-likeness (QED) is 0.172. The molecule has 3 amide bonds. The average molecular weight is 924 g/mol. The Bertz CT molecular complexity index is 2550. The highest BCUT2D eigenvalue weighted by Gasteiger charge is 2.64. The normalized spacial score (nSPS) is 24.2. The van der Waals surface area contributed by atoms with Crippen LogP contribution in [0.25, 0.3) is 10.9 Å². The van der Waals surface area contributed by atoms with Gasteiger partial charge in [0.05, 0.1) is 28.7 Å². The van der Waals surface area contributed by atoms with Crippen molar-refractivity contribution < 1.29 is 33.7 Å². The van der Waals surface area contributed by atoms with Gasteiger partial charge in [-0.25, -0.2) is 4.68 Å². The van der Waals surface area contributed by atoms with Gasteiger partial charge in [-0.1, -0.05) is 44.5 Å². The Hall–Kier alpha value is -5.80. The Morgan fingerprint density at radius 3 is 2.29 bits per heavy atom. The van der Waals surface area contributed by atoms with Gasteiger partial charge in [0.25, 0.3) is 17.4 Å². The molecule has 3 aliphatic heterocycles. The molecular weight excluding hydrogens is 866 g/mol. The zero-order valence-corrected chi connectivity index (χ0v) is 38.8. The number of carbonyl (C=O) groups is 3. The number of fused-ring (bicyclic) bond motifs is 1. The molecule has 3 N–H and O–H groups in total. The van der Waals surface area contributed by atoms with E-state index < -0.39 is 17.3 Å². The highest BCUT2D eigenvalue weighted by molar-refractivity contribution is 6.31. The minimum atomic E-state index is -1.67. The second kappa shape index (κ2) is 18.8. The van der Waals surface area contributed by atoms with Gasteiger partial charge >= 0.3 is 0 Å². The summed E-state index contributed by atoms with van der Waals surface area (Å²) in [4.78, 5) is 58.3. The summed E-state index contributed by atoms with van der Waals surface area (Å²) in [5.74, 6) is 0.341. The van der Waals surface area contributed by atoms with Crippen molar-refractivity contribution in [2.45, 2.75) is 90.3 Å². The number of hydrogen-bond acceptors (Lipinski definition) is 13. The number of aliphatic hydroxyl groups is 1. The molecule has 4 aliphatic rings. The van der Waals surface area contributed by atoms with Gasteiger partial charge in [-0.15, -0.1) is 5.10 Å². The Morgan fingerprint density at radius 2 is 1.62 bits per heavy atom. The van der Waals surface area contributed by atoms with E-state index in [0.29, 0.717) is 52.9 Å². The van der Waals surface area contributed by atoms with Gasteiger partial charge in [-0.05, 0) is 80.8 Å². The second-order valence-corrected chi connectivity index (χ2v) is 19.6. The maximum Gasteiger partial charge on any atom is 0.278 e. The molecule has 0 radical (unpaired) electrons. The summed E-state index contributed by atoms with van der Waals surface area (Å²) < 4.78 is 19.6. The first-order chi connectivity index (χ1) is 31.4. The summed E-state index contributed by atoms with van der Waals surface area (Å²) in [7, 11) is 0. The van der Waals surface area contributed by atoms with Crippen LogP contribution in [0.15, 0.2) is 65.5 Å². The van der Waals surface area contributed by atoms with Crippen LogP contribution in [0.5, 0.6) is 11.5 Å². The minimum Gasteiger partial charge on any atom is -0.489 e. The Morgan fingerprint density at radius 1 is 0.924 bits per heavy atom. The Labute approximate surface area is 388 Å². The smallest absolute Gasteiger partial charge is 0.278 e. The number of carbonyl (C=O) groups excluding carboxylic acids is 3. The first-order valence-electron chi connectivity index (χ1n) is 22.6. The van der Waals surface area contributed by atoms with Crippen LogP contribution < -0.4 is 30.6 Å². The van der Waals surface area contributed by atoms with Gasteiger partial charge in [0.1, 0.15) is 35.2 Å². The molecule has 1 aromatic heterocycles. The maximum atomic E-state index is 13.5. The number of rotatable bonds is 13. The molecule has 8 rings (SSSR count). The number of amides is 3. The number of likely N-dealkylation sites (tertiary alicyclic amines) is 1. The first-order valence-corrected chi connectivity index (χ1v) is 23.0. The number of piperazine rings is 1. The van der Waals surface area contributed by atoms with Crippen LogP contribution in [0.1, 0.15) is 82.3 Å². The number of aromatic nitrogens is 3. The third-order valence-electron chi connectivity index (χ3n) is 13.9. The predicted octanol–water partition coefficient (Wildman–Crippen LogP) is 4.30. The Kier molecular flexibility index (Phi) is 13.3. The first kappa shape index (κ1) is 46.7. The highest BCUT2D eigenvalue weighted by Crippen LogP contribution is 2.55. The summed E-state index contributed by atoms with van der Waals surface area (Å²) in [5.41, 5.74) is -0.446. The third kappa shape index (κ3) is 9.69. The monoisotopic (exact) mass is 923 g/mol. The minimum absolute atomic E-state index is 0.0683. The van der Waals surface area contributed by atoms with Crippen LogP contribution >= 0.6 is 11.6 Å². The van der Waals surface area contributed by atoms with Crippen LogP contribution in [0.3, 0.4) is 0 Å². The van der Waals surface area contributed by atoms with E-state index in [1.165, 1.54) is 13.0 Å². The summed E-state index contributed by atoms with van der Waals surface area (Å²) >= 11 is 6.25. The molecule has 1 aliphatic carbocycles. The van der Waals surface area contributed by atoms with Gasteiger partial charge in [-0.2, -0.15) is 5.26 Å². The molecule has 17 nitrogen and oxygen atoms in total. The molecule has 350 valence electrons. The number of benzene rings is 3. The zero-order valence-electron chi connectivity index (χ0n) is 38.1. The van der Waals surface area contributed by atoms with E-state index in [4.69, 9.17) is 25.8 Å². The third-order valence-corrected chi connectivity index (χ3v) is 14.2. The van der Waals surface area contributed by atoms with Gasteiger partial charge in [0.2, 0.25) is 5.91 Å². The van der Waals surface area contributed by atoms with Crippen molar-refractivity contribution in [2.24, 2.45) is 10.8 Å². The molecule has 4 aromatic rings. The van der Waals surface area contributed by atoms with E-state index in [9.17, 15) is 29.5 Å². The molecular formula is C48H58ClN9O8. The van der Waals surface area contributed by atoms with E-state index in [1.54, 1.807) is 35.2 Å². The molecule has 2 atom stereocenters. The lowest BCUT2D eigenvalue weighted by Gasteiger charge is -2.63. The zero-order chi connectivity index (χ0) is 47.0. The van der Waals surface area contributed by atoms with Crippen LogP contribution in [0.4, 0.5) is 5.69 Å². The molecule has 18 heteroatoms. The maximum absolute atomic E-state index is 13.5. The fourth-order valence-electron chi connectivity index (χ4n) is 10.4. The topological polar surface area (TPSA) is 204 Å². The number of anilines is 1. The van der Waals surface area contributed by atoms with Crippen LogP contribution in [-0.2, 0) is 14.3 Å². The number of hydrogen-bond donors (Lipinski definition) is 3. The molecule has 0 spiro atoms. The standard InChI is InChI=1S/C48H58ClN9O8/c1-46(2)44(47(3,4)45(46)66-35-11-8-31(28-50)37(49)27-35)51-42(61)30-6-9-32(10-7-30)56-22-20-55(21-23-56)24-25-64-33-16-18-57(19-17-33)41(60)29-65-34-12-13-38-36(26-34)43(62)58(54-53-38)39-14-15-40(59)52-48(39,5)63/h6-13,26-27,33,39,44-45,63H,14-25,29H2,1-5H3,(H,51,61)(H,52,59). The summed E-state index contributed by atoms with van der Waals surface area (Å²) in [6.45, 7) is 15.7. The van der Waals surface area contributed by atoms with Gasteiger partial charge in [0.15, 0.2) is 12.3 Å². The van der Waals surface area contributed by atoms with Gasteiger partial charge in [0, 0.05) is 86.4 Å². The van der Waals surface area contributed by atoms with Crippen molar-refractivity contribution in [2.75, 3.05) is 63.9 Å². The van der Waals surface area contributed by atoms with E-state index >= 15 is 0 Å². The molecule has 4 fully saturated rings. The molecule has 4 heterocycles. The Balaban J connectivity index is 0.730. The number of nitriles is 1. The van der Waals surface area contributed by atoms with Crippen molar-refractivity contribution in [1.82, 2.24) is 35.4 Å².